The van der Waals surface area contributed by atoms with E-state index in [-0.39, 0.29) is 18.2 Å². The van der Waals surface area contributed by atoms with Crippen molar-refractivity contribution in [2.45, 2.75) is 6.92 Å². The molecule has 0 spiro atoms. The molecule has 0 aliphatic rings. The van der Waals surface area contributed by atoms with Gasteiger partial charge < -0.3 is 10.1 Å². The Labute approximate surface area is 149 Å². The van der Waals surface area contributed by atoms with Crippen LogP contribution in [0.4, 0.5) is 5.69 Å². The summed E-state index contributed by atoms with van der Waals surface area (Å²) >= 11 is 1.29. The fourth-order valence-corrected chi connectivity index (χ4v) is 3.31. The molecule has 3 rings (SSSR count). The highest BCUT2D eigenvalue weighted by molar-refractivity contribution is 7.18. The molecule has 0 aliphatic carbocycles. The maximum Gasteiger partial charge on any atom is 0.350 e. The molecule has 0 saturated carbocycles. The average Bonchev–Trinajstić information content (AvgIpc) is 3.22. The molecule has 0 bridgehead atoms. The summed E-state index contributed by atoms with van der Waals surface area (Å²) in [5.74, 6) is -0.824. The Balaban J connectivity index is 1.94. The summed E-state index contributed by atoms with van der Waals surface area (Å²) in [6.45, 7) is 2.01. The number of rotatable bonds is 5. The average molecular weight is 355 g/mol. The molecule has 0 unspecified atom stereocenters. The smallest absolute Gasteiger partial charge is 0.350 e. The van der Waals surface area contributed by atoms with Crippen LogP contribution in [-0.4, -0.2) is 28.3 Å². The van der Waals surface area contributed by atoms with E-state index in [1.807, 2.05) is 30.3 Å². The molecule has 3 aromatic rings. The minimum absolute atomic E-state index is 0.269. The number of anilines is 1. The summed E-state index contributed by atoms with van der Waals surface area (Å²) in [6, 6.07) is 13.1. The molecule has 0 saturated heterocycles. The molecule has 0 radical (unpaired) electrons. The zero-order valence-corrected chi connectivity index (χ0v) is 14.7. The normalized spacial score (nSPS) is 10.5. The van der Waals surface area contributed by atoms with E-state index in [1.54, 1.807) is 37.0 Å². The van der Waals surface area contributed by atoms with Crippen molar-refractivity contribution in [2.75, 3.05) is 11.9 Å². The molecule has 0 atom stereocenters. The second kappa shape index (κ2) is 7.31. The molecule has 25 heavy (non-hydrogen) atoms. The van der Waals surface area contributed by atoms with Gasteiger partial charge in [0.05, 0.1) is 12.3 Å². The molecule has 2 aromatic heterocycles. The Hall–Kier alpha value is -2.93. The van der Waals surface area contributed by atoms with Crippen molar-refractivity contribution < 1.29 is 14.3 Å². The Kier molecular flexibility index (Phi) is 4.95. The number of ether oxygens (including phenoxy) is 1. The Morgan fingerprint density at radius 3 is 2.64 bits per heavy atom. The van der Waals surface area contributed by atoms with Crippen LogP contribution in [0.5, 0.6) is 0 Å². The third-order valence-corrected chi connectivity index (χ3v) is 4.61. The number of hydrogen-bond acceptors (Lipinski definition) is 5. The highest BCUT2D eigenvalue weighted by Crippen LogP contribution is 2.35. The Bertz CT molecular complexity index is 899. The zero-order chi connectivity index (χ0) is 17.8. The standard InChI is InChI=1S/C18H17N3O3S/c1-3-24-18(23)16-14(19-17(22)13-9-10-21(2)20-13)11-15(25-16)12-7-5-4-6-8-12/h4-11H,3H2,1-2H3,(H,19,22). The molecule has 1 N–H and O–H groups in total. The fourth-order valence-electron chi connectivity index (χ4n) is 2.30. The van der Waals surface area contributed by atoms with Crippen molar-refractivity contribution in [1.29, 1.82) is 0 Å². The first kappa shape index (κ1) is 16.9. The van der Waals surface area contributed by atoms with Gasteiger partial charge in [0.2, 0.25) is 0 Å². The second-order valence-electron chi connectivity index (χ2n) is 5.27. The van der Waals surface area contributed by atoms with Gasteiger partial charge in [-0.15, -0.1) is 11.3 Å². The molecule has 1 aromatic carbocycles. The van der Waals surface area contributed by atoms with Crippen LogP contribution in [0.2, 0.25) is 0 Å². The van der Waals surface area contributed by atoms with E-state index in [1.165, 1.54) is 11.3 Å². The second-order valence-corrected chi connectivity index (χ2v) is 6.32. The van der Waals surface area contributed by atoms with Gasteiger partial charge >= 0.3 is 5.97 Å². The topological polar surface area (TPSA) is 73.2 Å². The molecular weight excluding hydrogens is 338 g/mol. The van der Waals surface area contributed by atoms with Crippen LogP contribution in [0.15, 0.2) is 48.7 Å². The minimum Gasteiger partial charge on any atom is -0.462 e. The molecular formula is C18H17N3O3S. The lowest BCUT2D eigenvalue weighted by molar-refractivity contribution is 0.0533. The monoisotopic (exact) mass is 355 g/mol. The number of amides is 1. The number of carbonyl (C=O) groups excluding carboxylic acids is 2. The number of aryl methyl sites for hydroxylation is 1. The first-order valence-electron chi connectivity index (χ1n) is 7.76. The van der Waals surface area contributed by atoms with Crippen LogP contribution in [0, 0.1) is 0 Å². The van der Waals surface area contributed by atoms with Crippen molar-refractivity contribution in [3.63, 3.8) is 0 Å². The lowest BCUT2D eigenvalue weighted by Crippen LogP contribution is -2.15. The van der Waals surface area contributed by atoms with Crippen LogP contribution in [0.3, 0.4) is 0 Å². The van der Waals surface area contributed by atoms with Gasteiger partial charge in [-0.05, 0) is 24.6 Å². The van der Waals surface area contributed by atoms with E-state index in [0.29, 0.717) is 10.6 Å². The number of aromatic nitrogens is 2. The summed E-state index contributed by atoms with van der Waals surface area (Å²) < 4.78 is 6.66. The lowest BCUT2D eigenvalue weighted by Gasteiger charge is -2.04. The summed E-state index contributed by atoms with van der Waals surface area (Å²) in [4.78, 5) is 25.9. The fraction of sp³-hybridized carbons (Fsp3) is 0.167. The van der Waals surface area contributed by atoms with Crippen LogP contribution < -0.4 is 5.32 Å². The number of nitrogens with one attached hydrogen (secondary N) is 1. The molecule has 0 aliphatic heterocycles. The van der Waals surface area contributed by atoms with E-state index < -0.39 is 5.97 Å². The van der Waals surface area contributed by atoms with Crippen LogP contribution in [0.1, 0.15) is 27.1 Å². The molecule has 1 amide bonds. The first-order chi connectivity index (χ1) is 12.1. The van der Waals surface area contributed by atoms with Gasteiger partial charge in [-0.1, -0.05) is 30.3 Å². The summed E-state index contributed by atoms with van der Waals surface area (Å²) in [6.07, 6.45) is 1.68. The maximum absolute atomic E-state index is 12.4. The quantitative estimate of drug-likeness (QED) is 0.710. The molecule has 128 valence electrons. The summed E-state index contributed by atoms with van der Waals surface area (Å²) in [5.41, 5.74) is 1.68. The van der Waals surface area contributed by atoms with Gasteiger partial charge in [-0.2, -0.15) is 5.10 Å². The molecule has 7 heteroatoms. The van der Waals surface area contributed by atoms with E-state index in [4.69, 9.17) is 4.74 Å². The number of carbonyl (C=O) groups is 2. The van der Waals surface area contributed by atoms with Crippen LogP contribution in [0.25, 0.3) is 10.4 Å². The third-order valence-electron chi connectivity index (χ3n) is 3.45. The van der Waals surface area contributed by atoms with Gasteiger partial charge in [0.1, 0.15) is 4.88 Å². The van der Waals surface area contributed by atoms with Crippen molar-refractivity contribution in [1.82, 2.24) is 9.78 Å². The summed E-state index contributed by atoms with van der Waals surface area (Å²) in [5, 5.41) is 6.84. The van der Waals surface area contributed by atoms with Crippen molar-refractivity contribution in [3.05, 3.63) is 59.2 Å². The van der Waals surface area contributed by atoms with Gasteiger partial charge in [-0.25, -0.2) is 4.79 Å². The SMILES string of the molecule is CCOC(=O)c1sc(-c2ccccc2)cc1NC(=O)c1ccn(C)n1. The van der Waals surface area contributed by atoms with Crippen molar-refractivity contribution in [2.24, 2.45) is 7.05 Å². The van der Waals surface area contributed by atoms with E-state index in [9.17, 15) is 9.59 Å². The van der Waals surface area contributed by atoms with E-state index in [2.05, 4.69) is 10.4 Å². The van der Waals surface area contributed by atoms with Crippen LogP contribution >= 0.6 is 11.3 Å². The van der Waals surface area contributed by atoms with Gasteiger partial charge in [-0.3, -0.25) is 9.48 Å². The predicted molar refractivity (Wildman–Crippen MR) is 96.9 cm³/mol. The Morgan fingerprint density at radius 1 is 1.24 bits per heavy atom. The Morgan fingerprint density at radius 2 is 2.00 bits per heavy atom. The third kappa shape index (κ3) is 3.77. The van der Waals surface area contributed by atoms with Gasteiger partial charge in [0.25, 0.3) is 5.91 Å². The first-order valence-corrected chi connectivity index (χ1v) is 8.57. The summed E-state index contributed by atoms with van der Waals surface area (Å²) in [7, 11) is 1.74. The maximum atomic E-state index is 12.4. The predicted octanol–water partition coefficient (Wildman–Crippen LogP) is 3.58. The zero-order valence-electron chi connectivity index (χ0n) is 13.9. The number of benzene rings is 1. The number of nitrogens with zero attached hydrogens (tertiary/aromatic N) is 2. The molecule has 0 fully saturated rings. The largest absolute Gasteiger partial charge is 0.462 e. The van der Waals surface area contributed by atoms with Crippen molar-refractivity contribution in [3.8, 4) is 10.4 Å². The number of hydrogen-bond donors (Lipinski definition) is 1. The number of thiophene rings is 1. The molecule has 2 heterocycles. The lowest BCUT2D eigenvalue weighted by atomic mass is 10.2. The van der Waals surface area contributed by atoms with Crippen LogP contribution in [-0.2, 0) is 11.8 Å². The van der Waals surface area contributed by atoms with E-state index in [0.717, 1.165) is 10.4 Å². The minimum atomic E-state index is -0.453. The highest BCUT2D eigenvalue weighted by atomic mass is 32.1. The van der Waals surface area contributed by atoms with Gasteiger partial charge in [0, 0.05) is 18.1 Å². The molecule has 6 nitrogen and oxygen atoms in total. The van der Waals surface area contributed by atoms with Gasteiger partial charge in [0.15, 0.2) is 5.69 Å². The van der Waals surface area contributed by atoms with E-state index >= 15 is 0 Å². The number of esters is 1. The highest BCUT2D eigenvalue weighted by Gasteiger charge is 2.21. The van der Waals surface area contributed by atoms with Crippen molar-refractivity contribution >= 4 is 28.9 Å².